The van der Waals surface area contributed by atoms with Crippen molar-refractivity contribution in [3.05, 3.63) is 90.1 Å². The van der Waals surface area contributed by atoms with Gasteiger partial charge < -0.3 is 9.32 Å². The zero-order chi connectivity index (χ0) is 15.2. The molecule has 0 unspecified atom stereocenters. The maximum Gasteiger partial charge on any atom is 0.290 e. The molecule has 3 aromatic rings. The predicted octanol–water partition coefficient (Wildman–Crippen LogP) is 3.52. The average molecular weight is 292 g/mol. The summed E-state index contributed by atoms with van der Waals surface area (Å²) < 4.78 is 5.25. The lowest BCUT2D eigenvalue weighted by Gasteiger charge is -2.22. The molecular formula is C18H16N2O2. The second-order valence-corrected chi connectivity index (χ2v) is 4.98. The average Bonchev–Trinajstić information content (AvgIpc) is 3.10. The number of hydrogen-bond acceptors (Lipinski definition) is 3. The Bertz CT molecular complexity index is 668. The molecule has 0 aliphatic heterocycles. The quantitative estimate of drug-likeness (QED) is 0.723. The maximum absolute atomic E-state index is 12.6. The lowest BCUT2D eigenvalue weighted by atomic mass is 10.2. The molecule has 0 saturated heterocycles. The molecule has 0 aliphatic carbocycles. The molecule has 22 heavy (non-hydrogen) atoms. The van der Waals surface area contributed by atoms with Gasteiger partial charge in [-0.25, -0.2) is 0 Å². The van der Waals surface area contributed by atoms with Crippen molar-refractivity contribution in [1.29, 1.82) is 0 Å². The number of carbonyl (C=O) groups is 1. The topological polar surface area (TPSA) is 46.3 Å². The molecule has 2 aromatic heterocycles. The molecule has 2 heterocycles. The van der Waals surface area contributed by atoms with Crippen LogP contribution in [0.3, 0.4) is 0 Å². The SMILES string of the molecule is O=C(c1ccco1)N(Cc1ccccc1)Cc1ccncc1. The van der Waals surface area contributed by atoms with E-state index < -0.39 is 0 Å². The second-order valence-electron chi connectivity index (χ2n) is 4.98. The summed E-state index contributed by atoms with van der Waals surface area (Å²) in [6.45, 7) is 1.04. The van der Waals surface area contributed by atoms with E-state index in [-0.39, 0.29) is 5.91 Å². The molecule has 0 radical (unpaired) electrons. The Balaban J connectivity index is 1.83. The lowest BCUT2D eigenvalue weighted by Crippen LogP contribution is -2.29. The van der Waals surface area contributed by atoms with Gasteiger partial charge in [0, 0.05) is 25.5 Å². The smallest absolute Gasteiger partial charge is 0.290 e. The van der Waals surface area contributed by atoms with E-state index in [9.17, 15) is 4.79 Å². The first-order valence-corrected chi connectivity index (χ1v) is 7.08. The van der Waals surface area contributed by atoms with E-state index in [1.807, 2.05) is 42.5 Å². The van der Waals surface area contributed by atoms with Gasteiger partial charge in [-0.05, 0) is 35.4 Å². The van der Waals surface area contributed by atoms with E-state index in [1.54, 1.807) is 29.4 Å². The molecule has 0 bridgehead atoms. The third kappa shape index (κ3) is 3.41. The van der Waals surface area contributed by atoms with Crippen LogP contribution in [-0.4, -0.2) is 15.8 Å². The van der Waals surface area contributed by atoms with Crippen LogP contribution in [0.2, 0.25) is 0 Å². The molecule has 4 nitrogen and oxygen atoms in total. The van der Waals surface area contributed by atoms with Gasteiger partial charge in [0.25, 0.3) is 5.91 Å². The Kier molecular flexibility index (Phi) is 4.30. The summed E-state index contributed by atoms with van der Waals surface area (Å²) in [6, 6.07) is 17.2. The number of benzene rings is 1. The molecule has 0 N–H and O–H groups in total. The molecule has 110 valence electrons. The number of pyridine rings is 1. The summed E-state index contributed by atoms with van der Waals surface area (Å²) in [4.78, 5) is 18.4. The largest absolute Gasteiger partial charge is 0.459 e. The third-order valence-electron chi connectivity index (χ3n) is 3.36. The highest BCUT2D eigenvalue weighted by molar-refractivity contribution is 5.91. The molecule has 0 saturated carbocycles. The van der Waals surface area contributed by atoms with Gasteiger partial charge in [0.1, 0.15) is 0 Å². The molecule has 1 aromatic carbocycles. The number of aromatic nitrogens is 1. The molecular weight excluding hydrogens is 276 g/mol. The summed E-state index contributed by atoms with van der Waals surface area (Å²) in [6.07, 6.45) is 4.97. The Hall–Kier alpha value is -2.88. The summed E-state index contributed by atoms with van der Waals surface area (Å²) in [7, 11) is 0. The molecule has 0 atom stereocenters. The van der Waals surface area contributed by atoms with Crippen molar-refractivity contribution in [2.45, 2.75) is 13.1 Å². The van der Waals surface area contributed by atoms with E-state index in [1.165, 1.54) is 6.26 Å². The van der Waals surface area contributed by atoms with Crippen LogP contribution >= 0.6 is 0 Å². The van der Waals surface area contributed by atoms with Crippen LogP contribution in [0.1, 0.15) is 21.7 Å². The maximum atomic E-state index is 12.6. The Morgan fingerprint density at radius 2 is 1.59 bits per heavy atom. The van der Waals surface area contributed by atoms with E-state index in [4.69, 9.17) is 4.42 Å². The van der Waals surface area contributed by atoms with Gasteiger partial charge in [0.2, 0.25) is 0 Å². The number of carbonyl (C=O) groups excluding carboxylic acids is 1. The minimum Gasteiger partial charge on any atom is -0.459 e. The molecule has 0 spiro atoms. The van der Waals surface area contributed by atoms with Gasteiger partial charge in [-0.1, -0.05) is 30.3 Å². The van der Waals surface area contributed by atoms with E-state index in [0.29, 0.717) is 18.8 Å². The predicted molar refractivity (Wildman–Crippen MR) is 83.0 cm³/mol. The highest BCUT2D eigenvalue weighted by Crippen LogP contribution is 2.14. The van der Waals surface area contributed by atoms with Gasteiger partial charge in [-0.15, -0.1) is 0 Å². The van der Waals surface area contributed by atoms with E-state index in [0.717, 1.165) is 11.1 Å². The second kappa shape index (κ2) is 6.72. The molecule has 0 fully saturated rings. The number of rotatable bonds is 5. The van der Waals surface area contributed by atoms with Crippen molar-refractivity contribution in [1.82, 2.24) is 9.88 Å². The normalized spacial score (nSPS) is 10.4. The number of amides is 1. The first-order chi connectivity index (χ1) is 10.8. The van der Waals surface area contributed by atoms with Crippen LogP contribution in [0.25, 0.3) is 0 Å². The molecule has 4 heteroatoms. The number of hydrogen-bond donors (Lipinski definition) is 0. The van der Waals surface area contributed by atoms with E-state index in [2.05, 4.69) is 4.98 Å². The van der Waals surface area contributed by atoms with Crippen LogP contribution in [0.4, 0.5) is 0 Å². The minimum absolute atomic E-state index is 0.120. The van der Waals surface area contributed by atoms with Crippen molar-refractivity contribution in [3.8, 4) is 0 Å². The molecule has 3 rings (SSSR count). The fraction of sp³-hybridized carbons (Fsp3) is 0.111. The van der Waals surface area contributed by atoms with Crippen LogP contribution in [0.5, 0.6) is 0 Å². The first-order valence-electron chi connectivity index (χ1n) is 7.08. The van der Waals surface area contributed by atoms with Crippen LogP contribution < -0.4 is 0 Å². The summed E-state index contributed by atoms with van der Waals surface area (Å²) >= 11 is 0. The molecule has 1 amide bonds. The Morgan fingerprint density at radius 1 is 0.909 bits per heavy atom. The standard InChI is InChI=1S/C18H16N2O2/c21-18(17-7-4-12-22-17)20(13-15-5-2-1-3-6-15)14-16-8-10-19-11-9-16/h1-12H,13-14H2. The summed E-state index contributed by atoms with van der Waals surface area (Å²) in [5.74, 6) is 0.232. The van der Waals surface area contributed by atoms with Crippen molar-refractivity contribution in [3.63, 3.8) is 0 Å². The van der Waals surface area contributed by atoms with Crippen molar-refractivity contribution in [2.75, 3.05) is 0 Å². The van der Waals surface area contributed by atoms with Crippen molar-refractivity contribution in [2.24, 2.45) is 0 Å². The first kappa shape index (κ1) is 14.1. The lowest BCUT2D eigenvalue weighted by molar-refractivity contribution is 0.0697. The Labute approximate surface area is 129 Å². The third-order valence-corrected chi connectivity index (χ3v) is 3.36. The fourth-order valence-electron chi connectivity index (χ4n) is 2.27. The highest BCUT2D eigenvalue weighted by Gasteiger charge is 2.18. The van der Waals surface area contributed by atoms with Gasteiger partial charge >= 0.3 is 0 Å². The van der Waals surface area contributed by atoms with Crippen molar-refractivity contribution < 1.29 is 9.21 Å². The van der Waals surface area contributed by atoms with E-state index >= 15 is 0 Å². The molecule has 0 aliphatic rings. The number of nitrogens with zero attached hydrogens (tertiary/aromatic N) is 2. The van der Waals surface area contributed by atoms with Gasteiger partial charge in [-0.3, -0.25) is 9.78 Å². The zero-order valence-corrected chi connectivity index (χ0v) is 12.1. The fourth-order valence-corrected chi connectivity index (χ4v) is 2.27. The van der Waals surface area contributed by atoms with Gasteiger partial charge in [-0.2, -0.15) is 0 Å². The van der Waals surface area contributed by atoms with Crippen molar-refractivity contribution >= 4 is 5.91 Å². The zero-order valence-electron chi connectivity index (χ0n) is 12.1. The van der Waals surface area contributed by atoms with Gasteiger partial charge in [0.15, 0.2) is 5.76 Å². The summed E-state index contributed by atoms with van der Waals surface area (Å²) in [5, 5.41) is 0. The van der Waals surface area contributed by atoms with Crippen LogP contribution in [0.15, 0.2) is 77.7 Å². The minimum atomic E-state index is -0.120. The van der Waals surface area contributed by atoms with Crippen LogP contribution in [-0.2, 0) is 13.1 Å². The van der Waals surface area contributed by atoms with Crippen LogP contribution in [0, 0.1) is 0 Å². The highest BCUT2D eigenvalue weighted by atomic mass is 16.3. The number of furan rings is 1. The summed E-state index contributed by atoms with van der Waals surface area (Å²) in [5.41, 5.74) is 2.11. The van der Waals surface area contributed by atoms with Gasteiger partial charge in [0.05, 0.1) is 6.26 Å². The Morgan fingerprint density at radius 3 is 2.23 bits per heavy atom. The monoisotopic (exact) mass is 292 g/mol.